The lowest BCUT2D eigenvalue weighted by Crippen LogP contribution is -2.25. The Morgan fingerprint density at radius 2 is 2.04 bits per heavy atom. The summed E-state index contributed by atoms with van der Waals surface area (Å²) in [6.45, 7) is 4.11. The van der Waals surface area contributed by atoms with Gasteiger partial charge in [0.05, 0.1) is 11.3 Å². The number of aromatic nitrogens is 1. The average molecular weight is 348 g/mol. The van der Waals surface area contributed by atoms with Crippen LogP contribution in [0.5, 0.6) is 0 Å². The number of aliphatic carboxylic acids is 1. The maximum atomic E-state index is 12.3. The molecule has 0 bridgehead atoms. The second-order valence-corrected chi connectivity index (χ2v) is 6.36. The van der Waals surface area contributed by atoms with Crippen LogP contribution in [0.25, 0.3) is 0 Å². The zero-order chi connectivity index (χ0) is 17.5. The van der Waals surface area contributed by atoms with Crippen molar-refractivity contribution in [3.63, 3.8) is 0 Å². The topological polar surface area (TPSA) is 92.4 Å². The molecule has 6 nitrogen and oxygen atoms in total. The fraction of sp³-hybridized carbons (Fsp3) is 0.353. The van der Waals surface area contributed by atoms with E-state index in [1.54, 1.807) is 17.8 Å². The Bertz CT molecular complexity index is 708. The van der Waals surface area contributed by atoms with Crippen LogP contribution in [-0.4, -0.2) is 28.7 Å². The highest BCUT2D eigenvalue weighted by atomic mass is 32.2. The lowest BCUT2D eigenvalue weighted by atomic mass is 10.2. The number of hydrogen-bond donors (Lipinski definition) is 2. The highest BCUT2D eigenvalue weighted by molar-refractivity contribution is 7.98. The number of benzene rings is 1. The van der Waals surface area contributed by atoms with E-state index in [4.69, 9.17) is 9.63 Å². The monoisotopic (exact) mass is 348 g/mol. The SMILES string of the molecule is Cc1noc(C)c1CSc1ccccc1C(=O)NCCCC(=O)O. The van der Waals surface area contributed by atoms with Gasteiger partial charge in [-0.1, -0.05) is 17.3 Å². The molecule has 0 atom stereocenters. The van der Waals surface area contributed by atoms with Crippen LogP contribution in [0.15, 0.2) is 33.7 Å². The Kier molecular flexibility index (Phi) is 6.43. The summed E-state index contributed by atoms with van der Waals surface area (Å²) < 4.78 is 5.16. The Morgan fingerprint density at radius 1 is 1.29 bits per heavy atom. The molecule has 2 N–H and O–H groups in total. The fourth-order valence-electron chi connectivity index (χ4n) is 2.17. The van der Waals surface area contributed by atoms with E-state index < -0.39 is 5.97 Å². The van der Waals surface area contributed by atoms with Crippen molar-refractivity contribution in [3.8, 4) is 0 Å². The zero-order valence-electron chi connectivity index (χ0n) is 13.7. The van der Waals surface area contributed by atoms with E-state index in [0.717, 1.165) is 21.9 Å². The summed E-state index contributed by atoms with van der Waals surface area (Å²) in [5, 5.41) is 15.3. The van der Waals surface area contributed by atoms with Crippen molar-refractivity contribution in [1.29, 1.82) is 0 Å². The summed E-state index contributed by atoms with van der Waals surface area (Å²) in [5.41, 5.74) is 2.48. The molecule has 0 saturated heterocycles. The van der Waals surface area contributed by atoms with Gasteiger partial charge >= 0.3 is 5.97 Å². The van der Waals surface area contributed by atoms with E-state index in [1.807, 2.05) is 32.0 Å². The van der Waals surface area contributed by atoms with Gasteiger partial charge in [-0.3, -0.25) is 9.59 Å². The molecular formula is C17H20N2O4S. The second-order valence-electron chi connectivity index (χ2n) is 5.34. The molecule has 1 aromatic carbocycles. The van der Waals surface area contributed by atoms with E-state index in [9.17, 15) is 9.59 Å². The van der Waals surface area contributed by atoms with Crippen LogP contribution in [0.2, 0.25) is 0 Å². The molecule has 0 aliphatic rings. The summed E-state index contributed by atoms with van der Waals surface area (Å²) in [4.78, 5) is 23.7. The Labute approximate surface area is 144 Å². The van der Waals surface area contributed by atoms with Crippen molar-refractivity contribution < 1.29 is 19.2 Å². The van der Waals surface area contributed by atoms with Crippen LogP contribution in [0.1, 0.15) is 40.2 Å². The number of carboxylic acid groups (broad SMARTS) is 1. The fourth-order valence-corrected chi connectivity index (χ4v) is 3.38. The number of rotatable bonds is 8. The Balaban J connectivity index is 1.99. The predicted octanol–water partition coefficient (Wildman–Crippen LogP) is 3.18. The molecule has 0 fully saturated rings. The normalized spacial score (nSPS) is 10.6. The molecule has 0 unspecified atom stereocenters. The van der Waals surface area contributed by atoms with Crippen molar-refractivity contribution in [3.05, 3.63) is 46.8 Å². The number of carboxylic acids is 1. The molecule has 0 radical (unpaired) electrons. The molecule has 2 rings (SSSR count). The zero-order valence-corrected chi connectivity index (χ0v) is 14.5. The molecule has 1 heterocycles. The molecule has 0 aliphatic heterocycles. The van der Waals surface area contributed by atoms with Crippen LogP contribution in [0, 0.1) is 13.8 Å². The van der Waals surface area contributed by atoms with Gasteiger partial charge in [0.1, 0.15) is 5.76 Å². The van der Waals surface area contributed by atoms with Gasteiger partial charge in [0.2, 0.25) is 0 Å². The maximum Gasteiger partial charge on any atom is 0.303 e. The molecule has 24 heavy (non-hydrogen) atoms. The highest BCUT2D eigenvalue weighted by Crippen LogP contribution is 2.28. The molecule has 2 aromatic rings. The van der Waals surface area contributed by atoms with Gasteiger partial charge in [-0.05, 0) is 32.4 Å². The first-order valence-electron chi connectivity index (χ1n) is 7.62. The smallest absolute Gasteiger partial charge is 0.303 e. The molecular weight excluding hydrogens is 328 g/mol. The number of carbonyl (C=O) groups excluding carboxylic acids is 1. The average Bonchev–Trinajstić information content (AvgIpc) is 2.88. The van der Waals surface area contributed by atoms with Crippen LogP contribution in [0.4, 0.5) is 0 Å². The van der Waals surface area contributed by atoms with Crippen LogP contribution < -0.4 is 5.32 Å². The van der Waals surface area contributed by atoms with Gasteiger partial charge in [0.15, 0.2) is 0 Å². The minimum absolute atomic E-state index is 0.0444. The number of amides is 1. The van der Waals surface area contributed by atoms with Crippen molar-refractivity contribution in [2.45, 2.75) is 37.3 Å². The first-order chi connectivity index (χ1) is 11.5. The quantitative estimate of drug-likeness (QED) is 0.562. The number of hydrogen-bond acceptors (Lipinski definition) is 5. The van der Waals surface area contributed by atoms with Crippen molar-refractivity contribution in [2.75, 3.05) is 6.54 Å². The lowest BCUT2D eigenvalue weighted by Gasteiger charge is -2.09. The van der Waals surface area contributed by atoms with E-state index in [2.05, 4.69) is 10.5 Å². The second kappa shape index (κ2) is 8.54. The minimum Gasteiger partial charge on any atom is -0.481 e. The van der Waals surface area contributed by atoms with Gasteiger partial charge < -0.3 is 14.9 Å². The number of nitrogens with zero attached hydrogens (tertiary/aromatic N) is 1. The maximum absolute atomic E-state index is 12.3. The molecule has 1 amide bonds. The summed E-state index contributed by atoms with van der Waals surface area (Å²) >= 11 is 1.55. The molecule has 7 heteroatoms. The van der Waals surface area contributed by atoms with Crippen LogP contribution in [-0.2, 0) is 10.5 Å². The first-order valence-corrected chi connectivity index (χ1v) is 8.61. The van der Waals surface area contributed by atoms with E-state index >= 15 is 0 Å². The van der Waals surface area contributed by atoms with Crippen molar-refractivity contribution in [1.82, 2.24) is 10.5 Å². The van der Waals surface area contributed by atoms with Gasteiger partial charge in [0.25, 0.3) is 5.91 Å². The predicted molar refractivity (Wildman–Crippen MR) is 91.2 cm³/mol. The Morgan fingerprint density at radius 3 is 2.71 bits per heavy atom. The van der Waals surface area contributed by atoms with Gasteiger partial charge in [-0.2, -0.15) is 0 Å². The summed E-state index contributed by atoms with van der Waals surface area (Å²) in [5.74, 6) is 0.405. The molecule has 0 spiro atoms. The summed E-state index contributed by atoms with van der Waals surface area (Å²) in [6.07, 6.45) is 0.457. The highest BCUT2D eigenvalue weighted by Gasteiger charge is 2.14. The van der Waals surface area contributed by atoms with Crippen LogP contribution in [0.3, 0.4) is 0 Å². The molecule has 0 saturated carbocycles. The number of aryl methyl sites for hydroxylation is 2. The summed E-state index contributed by atoms with van der Waals surface area (Å²) in [7, 11) is 0. The number of carbonyl (C=O) groups is 2. The molecule has 1 aromatic heterocycles. The van der Waals surface area contributed by atoms with E-state index in [-0.39, 0.29) is 12.3 Å². The standard InChI is InChI=1S/C17H20N2O4S/c1-11-14(12(2)23-19-11)10-24-15-7-4-3-6-13(15)17(22)18-9-5-8-16(20)21/h3-4,6-7H,5,8-10H2,1-2H3,(H,18,22)(H,20,21). The van der Waals surface area contributed by atoms with E-state index in [0.29, 0.717) is 24.3 Å². The number of nitrogens with one attached hydrogen (secondary N) is 1. The van der Waals surface area contributed by atoms with Gasteiger partial charge in [-0.25, -0.2) is 0 Å². The third kappa shape index (κ3) is 4.86. The largest absolute Gasteiger partial charge is 0.481 e. The van der Waals surface area contributed by atoms with E-state index in [1.165, 1.54) is 0 Å². The van der Waals surface area contributed by atoms with Crippen LogP contribution >= 0.6 is 11.8 Å². The lowest BCUT2D eigenvalue weighted by molar-refractivity contribution is -0.137. The first kappa shape index (κ1) is 18.1. The molecule has 128 valence electrons. The Hall–Kier alpha value is -2.28. The van der Waals surface area contributed by atoms with Gasteiger partial charge in [0, 0.05) is 29.2 Å². The van der Waals surface area contributed by atoms with Gasteiger partial charge in [-0.15, -0.1) is 11.8 Å². The molecule has 0 aliphatic carbocycles. The number of thioether (sulfide) groups is 1. The third-order valence-corrected chi connectivity index (χ3v) is 4.64. The minimum atomic E-state index is -0.861. The third-order valence-electron chi connectivity index (χ3n) is 3.54. The van der Waals surface area contributed by atoms with Crippen molar-refractivity contribution in [2.24, 2.45) is 0 Å². The van der Waals surface area contributed by atoms with Crippen molar-refractivity contribution >= 4 is 23.6 Å². The summed E-state index contributed by atoms with van der Waals surface area (Å²) in [6, 6.07) is 7.36.